The van der Waals surface area contributed by atoms with Crippen molar-refractivity contribution < 1.29 is 9.31 Å². The van der Waals surface area contributed by atoms with Crippen molar-refractivity contribution >= 4 is 23.6 Å². The third-order valence-electron chi connectivity index (χ3n) is 3.56. The molecule has 1 aliphatic rings. The topological polar surface area (TPSA) is 34.2 Å². The van der Waals surface area contributed by atoms with E-state index in [2.05, 4.69) is 30.6 Å². The third kappa shape index (κ3) is 1.56. The molecule has 2 heterocycles. The fourth-order valence-corrected chi connectivity index (χ4v) is 2.29. The SMILES string of the molecule is C=C1OB(c2[nH]c3ccccc3c2C)OC1(C)C. The lowest BCUT2D eigenvalue weighted by atomic mass is 9.82. The first-order valence-electron chi connectivity index (χ1n) is 6.10. The van der Waals surface area contributed by atoms with Gasteiger partial charge in [-0.25, -0.2) is 0 Å². The average molecular weight is 241 g/mol. The van der Waals surface area contributed by atoms with Gasteiger partial charge in [-0.1, -0.05) is 24.8 Å². The van der Waals surface area contributed by atoms with Gasteiger partial charge in [-0.05, 0) is 32.4 Å². The van der Waals surface area contributed by atoms with Gasteiger partial charge in [0.25, 0.3) is 0 Å². The summed E-state index contributed by atoms with van der Waals surface area (Å²) in [6, 6.07) is 8.20. The van der Waals surface area contributed by atoms with Crippen LogP contribution in [0.1, 0.15) is 19.4 Å². The Bertz CT molecular complexity index is 630. The van der Waals surface area contributed by atoms with Crippen LogP contribution in [0.15, 0.2) is 36.6 Å². The molecule has 1 N–H and O–H groups in total. The Labute approximate surface area is 107 Å². The fourth-order valence-electron chi connectivity index (χ4n) is 2.29. The number of nitrogens with one attached hydrogen (secondary N) is 1. The van der Waals surface area contributed by atoms with Gasteiger partial charge in [0, 0.05) is 10.9 Å². The summed E-state index contributed by atoms with van der Waals surface area (Å²) in [5.41, 5.74) is 2.81. The Morgan fingerprint density at radius 3 is 2.61 bits per heavy atom. The van der Waals surface area contributed by atoms with Gasteiger partial charge in [-0.3, -0.25) is 0 Å². The molecule has 0 bridgehead atoms. The highest BCUT2D eigenvalue weighted by Crippen LogP contribution is 2.30. The summed E-state index contributed by atoms with van der Waals surface area (Å²) in [5, 5.41) is 1.20. The first kappa shape index (κ1) is 11.4. The number of H-pyrrole nitrogens is 1. The Morgan fingerprint density at radius 2 is 2.00 bits per heavy atom. The zero-order valence-electron chi connectivity index (χ0n) is 10.9. The Balaban J connectivity index is 2.06. The molecule has 18 heavy (non-hydrogen) atoms. The minimum absolute atomic E-state index is 0.389. The summed E-state index contributed by atoms with van der Waals surface area (Å²) >= 11 is 0. The zero-order valence-corrected chi connectivity index (χ0v) is 10.9. The van der Waals surface area contributed by atoms with Gasteiger partial charge >= 0.3 is 7.12 Å². The van der Waals surface area contributed by atoms with E-state index in [0.29, 0.717) is 5.76 Å². The Morgan fingerprint density at radius 1 is 1.28 bits per heavy atom. The van der Waals surface area contributed by atoms with E-state index in [1.54, 1.807) is 0 Å². The summed E-state index contributed by atoms with van der Waals surface area (Å²) in [5.74, 6) is 0.672. The zero-order chi connectivity index (χ0) is 12.9. The number of para-hydroxylation sites is 1. The van der Waals surface area contributed by atoms with Crippen molar-refractivity contribution in [2.24, 2.45) is 0 Å². The Hall–Kier alpha value is -1.68. The van der Waals surface area contributed by atoms with Crippen molar-refractivity contribution in [1.82, 2.24) is 4.98 Å². The smallest absolute Gasteiger partial charge is 0.533 e. The van der Waals surface area contributed by atoms with Crippen LogP contribution in [0.2, 0.25) is 0 Å². The summed E-state index contributed by atoms with van der Waals surface area (Å²) in [6.45, 7) is 9.91. The monoisotopic (exact) mass is 241 g/mol. The largest absolute Gasteiger partial charge is 0.580 e. The lowest BCUT2D eigenvalue weighted by molar-refractivity contribution is 0.173. The number of aromatic amines is 1. The molecule has 1 aliphatic heterocycles. The molecule has 0 saturated carbocycles. The van der Waals surface area contributed by atoms with Crippen LogP contribution in [-0.4, -0.2) is 17.7 Å². The van der Waals surface area contributed by atoms with Crippen molar-refractivity contribution in [1.29, 1.82) is 0 Å². The van der Waals surface area contributed by atoms with E-state index in [1.807, 2.05) is 26.0 Å². The predicted molar refractivity (Wildman–Crippen MR) is 73.8 cm³/mol. The Kier molecular flexibility index (Phi) is 2.32. The number of fused-ring (bicyclic) bond motifs is 1. The third-order valence-corrected chi connectivity index (χ3v) is 3.56. The summed E-state index contributed by atoms with van der Waals surface area (Å²) in [7, 11) is -0.389. The van der Waals surface area contributed by atoms with Gasteiger partial charge in [0.1, 0.15) is 5.60 Å². The fraction of sp³-hybridized carbons (Fsp3) is 0.286. The van der Waals surface area contributed by atoms with E-state index in [-0.39, 0.29) is 7.12 Å². The quantitative estimate of drug-likeness (QED) is 0.778. The van der Waals surface area contributed by atoms with Crippen molar-refractivity contribution in [2.45, 2.75) is 26.4 Å². The molecule has 1 aromatic heterocycles. The van der Waals surface area contributed by atoms with E-state index in [0.717, 1.165) is 11.1 Å². The van der Waals surface area contributed by atoms with Crippen LogP contribution < -0.4 is 5.59 Å². The molecular weight excluding hydrogens is 225 g/mol. The van der Waals surface area contributed by atoms with Gasteiger partial charge in [-0.15, -0.1) is 0 Å². The van der Waals surface area contributed by atoms with Crippen molar-refractivity contribution in [2.75, 3.05) is 0 Å². The standard InChI is InChI=1S/C14H16BNO2/c1-9-11-7-5-6-8-12(11)16-13(9)15-17-10(2)14(3,4)18-15/h5-8,16H,2H2,1,3-4H3. The van der Waals surface area contributed by atoms with E-state index in [9.17, 15) is 0 Å². The maximum Gasteiger partial charge on any atom is 0.580 e. The second-order valence-corrected chi connectivity index (χ2v) is 5.21. The number of rotatable bonds is 1. The van der Waals surface area contributed by atoms with Crippen molar-refractivity contribution in [3.63, 3.8) is 0 Å². The van der Waals surface area contributed by atoms with Crippen LogP contribution in [0, 0.1) is 6.92 Å². The molecule has 3 rings (SSSR count). The summed E-state index contributed by atoms with van der Waals surface area (Å²) in [4.78, 5) is 3.37. The molecule has 4 heteroatoms. The molecule has 92 valence electrons. The lowest BCUT2D eigenvalue weighted by Crippen LogP contribution is -2.36. The average Bonchev–Trinajstić information content (AvgIpc) is 2.79. The highest BCUT2D eigenvalue weighted by molar-refractivity contribution is 6.62. The second-order valence-electron chi connectivity index (χ2n) is 5.21. The minimum atomic E-state index is -0.436. The highest BCUT2D eigenvalue weighted by atomic mass is 16.7. The predicted octanol–water partition coefficient (Wildman–Crippen LogP) is 2.51. The summed E-state index contributed by atoms with van der Waals surface area (Å²) in [6.07, 6.45) is 0. The number of benzene rings is 1. The lowest BCUT2D eigenvalue weighted by Gasteiger charge is -2.15. The minimum Gasteiger partial charge on any atom is -0.533 e. The van der Waals surface area contributed by atoms with Crippen LogP contribution in [0.4, 0.5) is 0 Å². The molecular formula is C14H16BNO2. The molecule has 0 radical (unpaired) electrons. The van der Waals surface area contributed by atoms with Crippen LogP contribution in [0.3, 0.4) is 0 Å². The molecule has 2 aromatic rings. The molecule has 0 spiro atoms. The van der Waals surface area contributed by atoms with Gasteiger partial charge in [-0.2, -0.15) is 0 Å². The van der Waals surface area contributed by atoms with Crippen molar-refractivity contribution in [3.8, 4) is 0 Å². The van der Waals surface area contributed by atoms with Gasteiger partial charge in [0.2, 0.25) is 0 Å². The molecule has 1 fully saturated rings. The normalized spacial score (nSPS) is 18.4. The molecule has 3 nitrogen and oxygen atoms in total. The molecule has 1 saturated heterocycles. The van der Waals surface area contributed by atoms with Crippen LogP contribution >= 0.6 is 0 Å². The van der Waals surface area contributed by atoms with E-state index < -0.39 is 5.60 Å². The highest BCUT2D eigenvalue weighted by Gasteiger charge is 2.44. The maximum atomic E-state index is 5.90. The van der Waals surface area contributed by atoms with E-state index >= 15 is 0 Å². The van der Waals surface area contributed by atoms with Crippen LogP contribution in [0.5, 0.6) is 0 Å². The van der Waals surface area contributed by atoms with Gasteiger partial charge < -0.3 is 14.3 Å². The maximum absolute atomic E-state index is 5.90. The molecule has 0 unspecified atom stereocenters. The summed E-state index contributed by atoms with van der Waals surface area (Å²) < 4.78 is 11.6. The van der Waals surface area contributed by atoms with Crippen LogP contribution in [-0.2, 0) is 9.31 Å². The van der Waals surface area contributed by atoms with Crippen molar-refractivity contribution in [3.05, 3.63) is 42.2 Å². The molecule has 0 aliphatic carbocycles. The molecule has 0 atom stereocenters. The van der Waals surface area contributed by atoms with Gasteiger partial charge in [0.05, 0.1) is 11.4 Å². The first-order chi connectivity index (χ1) is 8.49. The molecule has 0 amide bonds. The van der Waals surface area contributed by atoms with E-state index in [4.69, 9.17) is 9.31 Å². The van der Waals surface area contributed by atoms with Crippen LogP contribution in [0.25, 0.3) is 10.9 Å². The number of aryl methyl sites for hydroxylation is 1. The number of hydrogen-bond acceptors (Lipinski definition) is 2. The number of hydrogen-bond donors (Lipinski definition) is 1. The first-order valence-corrected chi connectivity index (χ1v) is 6.10. The second kappa shape index (κ2) is 3.66. The number of aromatic nitrogens is 1. The van der Waals surface area contributed by atoms with Gasteiger partial charge in [0.15, 0.2) is 0 Å². The van der Waals surface area contributed by atoms with E-state index in [1.165, 1.54) is 10.9 Å². The molecule has 1 aromatic carbocycles.